The lowest BCUT2D eigenvalue weighted by atomic mass is 10.1. The molecule has 3 rings (SSSR count). The molecule has 0 bridgehead atoms. The lowest BCUT2D eigenvalue weighted by molar-refractivity contribution is -0.122. The first-order valence-corrected chi connectivity index (χ1v) is 8.58. The fourth-order valence-corrected chi connectivity index (χ4v) is 2.82. The van der Waals surface area contributed by atoms with Crippen LogP contribution in [0.1, 0.15) is 30.4 Å². The summed E-state index contributed by atoms with van der Waals surface area (Å²) in [6, 6.07) is 18.1. The van der Waals surface area contributed by atoms with Gasteiger partial charge < -0.3 is 15.4 Å². The molecule has 2 aromatic rings. The second kappa shape index (κ2) is 8.50. The fraction of sp³-hybridized carbons (Fsp3) is 0.350. The van der Waals surface area contributed by atoms with E-state index < -0.39 is 0 Å². The summed E-state index contributed by atoms with van der Waals surface area (Å²) in [4.78, 5) is 11.9. The number of rotatable bonds is 6. The zero-order chi connectivity index (χ0) is 16.6. The molecule has 1 amide bonds. The maximum atomic E-state index is 11.9. The molecule has 2 N–H and O–H groups in total. The van der Waals surface area contributed by atoms with Crippen LogP contribution < -0.4 is 15.4 Å². The number of carbonyl (C=O) groups is 1. The maximum Gasteiger partial charge on any atom is 0.237 e. The number of hydrogen-bond donors (Lipinski definition) is 2. The first kappa shape index (κ1) is 16.5. The molecule has 1 heterocycles. The summed E-state index contributed by atoms with van der Waals surface area (Å²) in [6.45, 7) is 2.06. The zero-order valence-electron chi connectivity index (χ0n) is 13.8. The first-order chi connectivity index (χ1) is 11.8. The number of ether oxygens (including phenoxy) is 1. The quantitative estimate of drug-likeness (QED) is 0.859. The van der Waals surface area contributed by atoms with E-state index in [2.05, 4.69) is 22.8 Å². The number of nitrogens with one attached hydrogen (secondary N) is 2. The van der Waals surface area contributed by atoms with E-state index in [0.717, 1.165) is 42.7 Å². The largest absolute Gasteiger partial charge is 0.489 e. The van der Waals surface area contributed by atoms with Gasteiger partial charge in [0.15, 0.2) is 0 Å². The molecule has 1 aliphatic heterocycles. The standard InChI is InChI=1S/C20H24N2O2/c23-20-19(8-4-5-13-21-20)22-14-16-9-11-18(12-10-16)24-15-17-6-2-1-3-7-17/h1-3,6-7,9-12,19,22H,4-5,8,13-15H2,(H,21,23). The molecule has 126 valence electrons. The molecule has 1 unspecified atom stereocenters. The van der Waals surface area contributed by atoms with E-state index in [0.29, 0.717) is 13.2 Å². The van der Waals surface area contributed by atoms with Crippen molar-refractivity contribution in [1.82, 2.24) is 10.6 Å². The predicted molar refractivity (Wildman–Crippen MR) is 94.7 cm³/mol. The summed E-state index contributed by atoms with van der Waals surface area (Å²) in [6.07, 6.45) is 3.06. The van der Waals surface area contributed by atoms with Crippen LogP contribution in [0.2, 0.25) is 0 Å². The Morgan fingerprint density at radius 1 is 1.00 bits per heavy atom. The Morgan fingerprint density at radius 3 is 2.58 bits per heavy atom. The Kier molecular flexibility index (Phi) is 5.85. The minimum atomic E-state index is -0.0819. The highest BCUT2D eigenvalue weighted by molar-refractivity contribution is 5.81. The van der Waals surface area contributed by atoms with Gasteiger partial charge in [-0.05, 0) is 42.5 Å². The molecule has 0 aliphatic carbocycles. The van der Waals surface area contributed by atoms with E-state index >= 15 is 0 Å². The molecule has 2 aromatic carbocycles. The molecular formula is C20H24N2O2. The highest BCUT2D eigenvalue weighted by atomic mass is 16.5. The fourth-order valence-electron chi connectivity index (χ4n) is 2.82. The van der Waals surface area contributed by atoms with Crippen molar-refractivity contribution in [3.05, 3.63) is 65.7 Å². The predicted octanol–water partition coefficient (Wildman–Crippen LogP) is 3.02. The molecule has 0 saturated carbocycles. The van der Waals surface area contributed by atoms with Gasteiger partial charge in [0.1, 0.15) is 12.4 Å². The molecule has 1 atom stereocenters. The molecule has 0 radical (unpaired) electrons. The highest BCUT2D eigenvalue weighted by Crippen LogP contribution is 2.15. The SMILES string of the molecule is O=C1NCCCCC1NCc1ccc(OCc2ccccc2)cc1. The van der Waals surface area contributed by atoms with Crippen molar-refractivity contribution in [2.75, 3.05) is 6.54 Å². The average Bonchev–Trinajstić information content (AvgIpc) is 2.84. The van der Waals surface area contributed by atoms with Gasteiger partial charge in [0, 0.05) is 13.1 Å². The van der Waals surface area contributed by atoms with Gasteiger partial charge in [-0.2, -0.15) is 0 Å². The molecular weight excluding hydrogens is 300 g/mol. The van der Waals surface area contributed by atoms with Crippen molar-refractivity contribution in [2.45, 2.75) is 38.5 Å². The molecule has 0 spiro atoms. The lowest BCUT2D eigenvalue weighted by Crippen LogP contribution is -2.42. The molecule has 1 fully saturated rings. The Hall–Kier alpha value is -2.33. The average molecular weight is 324 g/mol. The van der Waals surface area contributed by atoms with E-state index in [9.17, 15) is 4.79 Å². The van der Waals surface area contributed by atoms with Crippen LogP contribution in [0.4, 0.5) is 0 Å². The van der Waals surface area contributed by atoms with Crippen molar-refractivity contribution >= 4 is 5.91 Å². The molecule has 24 heavy (non-hydrogen) atoms. The van der Waals surface area contributed by atoms with Crippen LogP contribution in [0, 0.1) is 0 Å². The summed E-state index contributed by atoms with van der Waals surface area (Å²) >= 11 is 0. The Labute approximate surface area is 143 Å². The van der Waals surface area contributed by atoms with Crippen molar-refractivity contribution in [2.24, 2.45) is 0 Å². The molecule has 4 nitrogen and oxygen atoms in total. The second-order valence-corrected chi connectivity index (χ2v) is 6.14. The third kappa shape index (κ3) is 4.83. The Balaban J connectivity index is 1.48. The van der Waals surface area contributed by atoms with Gasteiger partial charge in [-0.3, -0.25) is 4.79 Å². The first-order valence-electron chi connectivity index (χ1n) is 8.58. The Bertz CT molecular complexity index is 640. The van der Waals surface area contributed by atoms with E-state index in [1.54, 1.807) is 0 Å². The molecule has 4 heteroatoms. The number of amides is 1. The molecule has 0 aromatic heterocycles. The topological polar surface area (TPSA) is 50.4 Å². The van der Waals surface area contributed by atoms with E-state index in [4.69, 9.17) is 4.74 Å². The van der Waals surface area contributed by atoms with E-state index in [1.165, 1.54) is 0 Å². The third-order valence-corrected chi connectivity index (χ3v) is 4.26. The maximum absolute atomic E-state index is 11.9. The zero-order valence-corrected chi connectivity index (χ0v) is 13.8. The summed E-state index contributed by atoms with van der Waals surface area (Å²) < 4.78 is 5.79. The van der Waals surface area contributed by atoms with Crippen LogP contribution >= 0.6 is 0 Å². The number of carbonyl (C=O) groups excluding carboxylic acids is 1. The van der Waals surface area contributed by atoms with Crippen molar-refractivity contribution < 1.29 is 9.53 Å². The van der Waals surface area contributed by atoms with Crippen LogP contribution in [0.25, 0.3) is 0 Å². The monoisotopic (exact) mass is 324 g/mol. The highest BCUT2D eigenvalue weighted by Gasteiger charge is 2.19. The van der Waals surface area contributed by atoms with Gasteiger partial charge in [-0.25, -0.2) is 0 Å². The van der Waals surface area contributed by atoms with Gasteiger partial charge in [0.05, 0.1) is 6.04 Å². The van der Waals surface area contributed by atoms with Crippen LogP contribution in [-0.4, -0.2) is 18.5 Å². The van der Waals surface area contributed by atoms with E-state index in [-0.39, 0.29) is 11.9 Å². The van der Waals surface area contributed by atoms with Gasteiger partial charge in [-0.1, -0.05) is 42.5 Å². The molecule has 1 aliphatic rings. The minimum Gasteiger partial charge on any atom is -0.489 e. The van der Waals surface area contributed by atoms with Gasteiger partial charge in [0.25, 0.3) is 0 Å². The van der Waals surface area contributed by atoms with E-state index in [1.807, 2.05) is 42.5 Å². The second-order valence-electron chi connectivity index (χ2n) is 6.14. The summed E-state index contributed by atoms with van der Waals surface area (Å²) in [7, 11) is 0. The van der Waals surface area contributed by atoms with Crippen LogP contribution in [0.15, 0.2) is 54.6 Å². The van der Waals surface area contributed by atoms with Crippen LogP contribution in [0.3, 0.4) is 0 Å². The van der Waals surface area contributed by atoms with Crippen LogP contribution in [0.5, 0.6) is 5.75 Å². The van der Waals surface area contributed by atoms with Crippen molar-refractivity contribution in [3.63, 3.8) is 0 Å². The smallest absolute Gasteiger partial charge is 0.237 e. The summed E-state index contributed by atoms with van der Waals surface area (Å²) in [5.41, 5.74) is 2.31. The summed E-state index contributed by atoms with van der Waals surface area (Å²) in [5.74, 6) is 0.977. The van der Waals surface area contributed by atoms with Crippen molar-refractivity contribution in [3.8, 4) is 5.75 Å². The molecule has 1 saturated heterocycles. The normalized spacial score (nSPS) is 17.8. The summed E-state index contributed by atoms with van der Waals surface area (Å²) in [5, 5.41) is 6.30. The van der Waals surface area contributed by atoms with Gasteiger partial charge in [0.2, 0.25) is 5.91 Å². The lowest BCUT2D eigenvalue weighted by Gasteiger charge is -2.15. The third-order valence-electron chi connectivity index (χ3n) is 4.26. The minimum absolute atomic E-state index is 0.0819. The number of hydrogen-bond acceptors (Lipinski definition) is 3. The van der Waals surface area contributed by atoms with Crippen molar-refractivity contribution in [1.29, 1.82) is 0 Å². The Morgan fingerprint density at radius 2 is 1.79 bits per heavy atom. The van der Waals surface area contributed by atoms with Gasteiger partial charge in [-0.15, -0.1) is 0 Å². The van der Waals surface area contributed by atoms with Crippen LogP contribution in [-0.2, 0) is 17.9 Å². The number of benzene rings is 2. The van der Waals surface area contributed by atoms with Gasteiger partial charge >= 0.3 is 0 Å².